The number of likely N-dealkylation sites (tertiary alicyclic amines) is 1. The number of urea groups is 1. The number of carbonyl (C=O) groups is 3. The van der Waals surface area contributed by atoms with E-state index in [9.17, 15) is 19.2 Å². The number of amides is 4. The molecule has 4 heterocycles. The third kappa shape index (κ3) is 4.78. The van der Waals surface area contributed by atoms with Crippen LogP contribution in [0.2, 0.25) is 0 Å². The van der Waals surface area contributed by atoms with Crippen molar-refractivity contribution in [3.8, 4) is 11.5 Å². The first kappa shape index (κ1) is 26.8. The molecule has 2 bridgehead atoms. The number of barbiturate groups is 1. The quantitative estimate of drug-likeness (QED) is 0.446. The number of pyridine rings is 1. The van der Waals surface area contributed by atoms with Crippen LogP contribution in [0.5, 0.6) is 11.5 Å². The number of hydrogen-bond donors (Lipinski definition) is 1. The standard InChI is InChI=1S/C31H32N4O6/c1-40-24-10-6-20(7-11-24)15-31(19-33-16-21-14-22(18-33)26-4-3-5-27(36)34(26)17-21)28(37)32-30(39)35(29(31)38)23-8-12-25(41-2)13-9-23/h3-13,21-22H,14-19H2,1-2H3,(H,32,37,39)/t21-,22+,31+/m0/s1. The summed E-state index contributed by atoms with van der Waals surface area (Å²) in [7, 11) is 3.11. The number of rotatable bonds is 7. The van der Waals surface area contributed by atoms with E-state index < -0.39 is 23.3 Å². The predicted molar refractivity (Wildman–Crippen MR) is 151 cm³/mol. The van der Waals surface area contributed by atoms with E-state index in [1.807, 2.05) is 22.8 Å². The van der Waals surface area contributed by atoms with Crippen molar-refractivity contribution in [3.63, 3.8) is 0 Å². The predicted octanol–water partition coefficient (Wildman–Crippen LogP) is 2.80. The third-order valence-electron chi connectivity index (χ3n) is 8.52. The Labute approximate surface area is 237 Å². The normalized spacial score (nSPS) is 24.0. The highest BCUT2D eigenvalue weighted by Gasteiger charge is 2.55. The van der Waals surface area contributed by atoms with Crippen LogP contribution in [0, 0.1) is 11.3 Å². The minimum Gasteiger partial charge on any atom is -0.497 e. The number of imide groups is 2. The zero-order chi connectivity index (χ0) is 28.7. The lowest BCUT2D eigenvalue weighted by molar-refractivity contribution is -0.144. The smallest absolute Gasteiger partial charge is 0.335 e. The Kier molecular flexibility index (Phi) is 6.86. The largest absolute Gasteiger partial charge is 0.497 e. The molecule has 2 fully saturated rings. The monoisotopic (exact) mass is 556 g/mol. The topological polar surface area (TPSA) is 110 Å². The number of fused-ring (bicyclic) bond motifs is 4. The van der Waals surface area contributed by atoms with Crippen LogP contribution in [0.25, 0.3) is 0 Å². The zero-order valence-electron chi connectivity index (χ0n) is 23.0. The Bertz CT molecular complexity index is 1550. The molecular formula is C31H32N4O6. The maximum absolute atomic E-state index is 14.4. The highest BCUT2D eigenvalue weighted by molar-refractivity contribution is 6.30. The second-order valence-electron chi connectivity index (χ2n) is 11.1. The summed E-state index contributed by atoms with van der Waals surface area (Å²) in [4.78, 5) is 57.1. The van der Waals surface area contributed by atoms with Gasteiger partial charge in [-0.05, 0) is 66.8 Å². The minimum atomic E-state index is -1.57. The van der Waals surface area contributed by atoms with Crippen molar-refractivity contribution in [1.29, 1.82) is 0 Å². The van der Waals surface area contributed by atoms with Crippen LogP contribution >= 0.6 is 0 Å². The summed E-state index contributed by atoms with van der Waals surface area (Å²) in [5, 5.41) is 2.48. The van der Waals surface area contributed by atoms with Crippen molar-refractivity contribution in [2.45, 2.75) is 25.3 Å². The molecule has 1 N–H and O–H groups in total. The number of benzene rings is 2. The molecule has 6 rings (SSSR count). The third-order valence-corrected chi connectivity index (χ3v) is 8.52. The van der Waals surface area contributed by atoms with Gasteiger partial charge in [-0.3, -0.25) is 19.7 Å². The van der Waals surface area contributed by atoms with Gasteiger partial charge in [0.25, 0.3) is 11.5 Å². The molecule has 3 aliphatic heterocycles. The second kappa shape index (κ2) is 10.5. The Balaban J connectivity index is 1.37. The van der Waals surface area contributed by atoms with E-state index in [2.05, 4.69) is 10.2 Å². The van der Waals surface area contributed by atoms with E-state index in [-0.39, 0.29) is 30.4 Å². The highest BCUT2D eigenvalue weighted by atomic mass is 16.5. The number of carbonyl (C=O) groups excluding carboxylic acids is 3. The van der Waals surface area contributed by atoms with E-state index >= 15 is 0 Å². The fourth-order valence-electron chi connectivity index (χ4n) is 6.59. The summed E-state index contributed by atoms with van der Waals surface area (Å²) in [6.45, 7) is 1.97. The fourth-order valence-corrected chi connectivity index (χ4v) is 6.59. The molecule has 41 heavy (non-hydrogen) atoms. The molecule has 3 aromatic rings. The summed E-state index contributed by atoms with van der Waals surface area (Å²) in [6.07, 6.45) is 1.05. The van der Waals surface area contributed by atoms with E-state index in [0.717, 1.165) is 22.6 Å². The molecule has 0 unspecified atom stereocenters. The van der Waals surface area contributed by atoms with Crippen molar-refractivity contribution in [2.75, 3.05) is 38.8 Å². The van der Waals surface area contributed by atoms with Crippen LogP contribution in [0.1, 0.15) is 23.6 Å². The summed E-state index contributed by atoms with van der Waals surface area (Å²) in [5.41, 5.74) is 0.537. The van der Waals surface area contributed by atoms with Crippen LogP contribution < -0.4 is 25.2 Å². The maximum atomic E-state index is 14.4. The lowest BCUT2D eigenvalue weighted by atomic mass is 9.75. The van der Waals surface area contributed by atoms with Crippen LogP contribution in [-0.4, -0.2) is 61.2 Å². The molecule has 0 radical (unpaired) electrons. The molecule has 0 spiro atoms. The average molecular weight is 557 g/mol. The van der Waals surface area contributed by atoms with Crippen molar-refractivity contribution in [1.82, 2.24) is 14.8 Å². The molecule has 4 amide bonds. The van der Waals surface area contributed by atoms with Gasteiger partial charge < -0.3 is 18.9 Å². The number of hydrogen-bond acceptors (Lipinski definition) is 7. The van der Waals surface area contributed by atoms with Crippen LogP contribution in [0.15, 0.2) is 71.5 Å². The SMILES string of the molecule is COc1ccc(C[C@@]2(CN3C[C@@H]4C[C@H](C3)c3cccc(=O)n3C4)C(=O)NC(=O)N(c3ccc(OC)cc3)C2=O)cc1. The molecule has 2 saturated heterocycles. The molecule has 1 aromatic heterocycles. The van der Waals surface area contributed by atoms with Crippen LogP contribution in [0.3, 0.4) is 0 Å². The highest BCUT2D eigenvalue weighted by Crippen LogP contribution is 2.39. The first-order chi connectivity index (χ1) is 19.8. The number of piperidine rings is 1. The van der Waals surface area contributed by atoms with Crippen LogP contribution in [-0.2, 0) is 22.6 Å². The Morgan fingerprint density at radius 2 is 1.54 bits per heavy atom. The number of ether oxygens (including phenoxy) is 2. The first-order valence-corrected chi connectivity index (χ1v) is 13.7. The summed E-state index contributed by atoms with van der Waals surface area (Å²) in [6, 6.07) is 18.4. The van der Waals surface area contributed by atoms with Gasteiger partial charge in [0.05, 0.1) is 19.9 Å². The molecular weight excluding hydrogens is 524 g/mol. The molecule has 3 aliphatic rings. The minimum absolute atomic E-state index is 0.00268. The number of nitrogens with one attached hydrogen (secondary N) is 1. The van der Waals surface area contributed by atoms with Crippen molar-refractivity contribution in [2.24, 2.45) is 11.3 Å². The molecule has 10 heteroatoms. The molecule has 2 aromatic carbocycles. The molecule has 0 aliphatic carbocycles. The summed E-state index contributed by atoms with van der Waals surface area (Å²) in [5.74, 6) is 0.379. The summed E-state index contributed by atoms with van der Waals surface area (Å²) < 4.78 is 12.4. The van der Waals surface area contributed by atoms with Gasteiger partial charge >= 0.3 is 6.03 Å². The zero-order valence-corrected chi connectivity index (χ0v) is 23.0. The Hall–Kier alpha value is -4.44. The van der Waals surface area contributed by atoms with Gasteiger partial charge in [-0.2, -0.15) is 0 Å². The van der Waals surface area contributed by atoms with Gasteiger partial charge in [-0.25, -0.2) is 9.69 Å². The second-order valence-corrected chi connectivity index (χ2v) is 11.1. The van der Waals surface area contributed by atoms with E-state index in [1.54, 1.807) is 55.6 Å². The number of aromatic nitrogens is 1. The Morgan fingerprint density at radius 3 is 2.22 bits per heavy atom. The van der Waals surface area contributed by atoms with Gasteiger partial charge in [0.15, 0.2) is 0 Å². The fraction of sp³-hybridized carbons (Fsp3) is 0.355. The number of nitrogens with zero attached hydrogens (tertiary/aromatic N) is 3. The van der Waals surface area contributed by atoms with Crippen molar-refractivity contribution < 1.29 is 23.9 Å². The van der Waals surface area contributed by atoms with Crippen LogP contribution in [0.4, 0.5) is 10.5 Å². The summed E-state index contributed by atoms with van der Waals surface area (Å²) >= 11 is 0. The number of anilines is 1. The van der Waals surface area contributed by atoms with Gasteiger partial charge in [-0.15, -0.1) is 0 Å². The van der Waals surface area contributed by atoms with E-state index in [1.165, 1.54) is 7.11 Å². The van der Waals surface area contributed by atoms with Gasteiger partial charge in [0.1, 0.15) is 16.9 Å². The van der Waals surface area contributed by atoms with Gasteiger partial charge in [-0.1, -0.05) is 18.2 Å². The maximum Gasteiger partial charge on any atom is 0.335 e. The Morgan fingerprint density at radius 1 is 0.854 bits per heavy atom. The van der Waals surface area contributed by atoms with E-state index in [0.29, 0.717) is 36.8 Å². The lowest BCUT2D eigenvalue weighted by Crippen LogP contribution is -2.68. The molecule has 0 saturated carbocycles. The average Bonchev–Trinajstić information content (AvgIpc) is 2.97. The van der Waals surface area contributed by atoms with E-state index in [4.69, 9.17) is 9.47 Å². The van der Waals surface area contributed by atoms with Crippen molar-refractivity contribution in [3.05, 3.63) is 88.3 Å². The lowest BCUT2D eigenvalue weighted by Gasteiger charge is -2.47. The van der Waals surface area contributed by atoms with Gasteiger partial charge in [0, 0.05) is 43.9 Å². The molecule has 212 valence electrons. The molecule has 3 atom stereocenters. The first-order valence-electron chi connectivity index (χ1n) is 13.7. The van der Waals surface area contributed by atoms with Crippen molar-refractivity contribution >= 4 is 23.5 Å². The number of methoxy groups -OCH3 is 2. The van der Waals surface area contributed by atoms with Gasteiger partial charge in [0.2, 0.25) is 5.91 Å². The molecule has 10 nitrogen and oxygen atoms in total.